The van der Waals surface area contributed by atoms with Crippen LogP contribution in [0.25, 0.3) is 0 Å². The van der Waals surface area contributed by atoms with Gasteiger partial charge in [0.05, 0.1) is 6.61 Å². The molecule has 1 aliphatic carbocycles. The Hall–Kier alpha value is -0.570. The average molecular weight is 226 g/mol. The summed E-state index contributed by atoms with van der Waals surface area (Å²) < 4.78 is 0. The molecule has 1 aromatic carbocycles. The molecule has 1 saturated carbocycles. The Morgan fingerprint density at radius 3 is 2.73 bits per heavy atom. The Balaban J connectivity index is 1.96. The summed E-state index contributed by atoms with van der Waals surface area (Å²) in [4.78, 5) is 0. The lowest BCUT2D eigenvalue weighted by Gasteiger charge is -2.14. The molecule has 0 spiro atoms. The van der Waals surface area contributed by atoms with Gasteiger partial charge in [-0.1, -0.05) is 23.7 Å². The third-order valence-corrected chi connectivity index (χ3v) is 3.47. The standard InChI is InChI=1S/C12H16ClNO/c1-9-2-3-10(6-11(9)13)7-14-12(8-15)4-5-12/h2-3,6,14-15H,4-5,7-8H2,1H3. The van der Waals surface area contributed by atoms with E-state index in [0.717, 1.165) is 30.0 Å². The van der Waals surface area contributed by atoms with E-state index in [1.807, 2.05) is 19.1 Å². The van der Waals surface area contributed by atoms with Gasteiger partial charge in [0, 0.05) is 17.1 Å². The summed E-state index contributed by atoms with van der Waals surface area (Å²) in [5.74, 6) is 0. The maximum Gasteiger partial charge on any atom is 0.0613 e. The summed E-state index contributed by atoms with van der Waals surface area (Å²) >= 11 is 6.04. The van der Waals surface area contributed by atoms with Gasteiger partial charge in [0.2, 0.25) is 0 Å². The molecule has 0 unspecified atom stereocenters. The minimum atomic E-state index is -0.00262. The van der Waals surface area contributed by atoms with Crippen LogP contribution in [0.1, 0.15) is 24.0 Å². The molecule has 15 heavy (non-hydrogen) atoms. The van der Waals surface area contributed by atoms with Gasteiger partial charge in [-0.15, -0.1) is 0 Å². The molecular formula is C12H16ClNO. The van der Waals surface area contributed by atoms with E-state index >= 15 is 0 Å². The van der Waals surface area contributed by atoms with Gasteiger partial charge < -0.3 is 10.4 Å². The SMILES string of the molecule is Cc1ccc(CNC2(CO)CC2)cc1Cl. The zero-order valence-corrected chi connectivity index (χ0v) is 9.64. The summed E-state index contributed by atoms with van der Waals surface area (Å²) in [6.45, 7) is 3.00. The lowest BCUT2D eigenvalue weighted by molar-refractivity contribution is 0.229. The van der Waals surface area contributed by atoms with E-state index < -0.39 is 0 Å². The van der Waals surface area contributed by atoms with Gasteiger partial charge in [-0.2, -0.15) is 0 Å². The fourth-order valence-corrected chi connectivity index (χ4v) is 1.78. The monoisotopic (exact) mass is 225 g/mol. The molecule has 1 aromatic rings. The van der Waals surface area contributed by atoms with Crippen molar-refractivity contribution in [1.82, 2.24) is 5.32 Å². The Morgan fingerprint density at radius 1 is 1.47 bits per heavy atom. The first-order valence-corrected chi connectivity index (χ1v) is 5.64. The zero-order chi connectivity index (χ0) is 10.9. The fraction of sp³-hybridized carbons (Fsp3) is 0.500. The van der Waals surface area contributed by atoms with Crippen molar-refractivity contribution in [3.8, 4) is 0 Å². The van der Waals surface area contributed by atoms with Crippen molar-refractivity contribution in [2.75, 3.05) is 6.61 Å². The van der Waals surface area contributed by atoms with Crippen LogP contribution in [-0.2, 0) is 6.54 Å². The van der Waals surface area contributed by atoms with E-state index in [9.17, 15) is 0 Å². The predicted molar refractivity (Wildman–Crippen MR) is 62.1 cm³/mol. The van der Waals surface area contributed by atoms with Crippen LogP contribution in [0.4, 0.5) is 0 Å². The Morgan fingerprint density at radius 2 is 2.20 bits per heavy atom. The van der Waals surface area contributed by atoms with E-state index in [-0.39, 0.29) is 12.1 Å². The number of rotatable bonds is 4. The smallest absolute Gasteiger partial charge is 0.0613 e. The fourth-order valence-electron chi connectivity index (χ4n) is 1.58. The molecule has 0 heterocycles. The molecule has 0 saturated heterocycles. The molecule has 0 amide bonds. The molecule has 0 bridgehead atoms. The van der Waals surface area contributed by atoms with Gasteiger partial charge in [0.1, 0.15) is 0 Å². The lowest BCUT2D eigenvalue weighted by Crippen LogP contribution is -2.34. The van der Waals surface area contributed by atoms with Crippen molar-refractivity contribution < 1.29 is 5.11 Å². The van der Waals surface area contributed by atoms with E-state index in [2.05, 4.69) is 11.4 Å². The average Bonchev–Trinajstić information content (AvgIpc) is 3.01. The van der Waals surface area contributed by atoms with Crippen molar-refractivity contribution in [1.29, 1.82) is 0 Å². The highest BCUT2D eigenvalue weighted by Gasteiger charge is 2.41. The Bertz CT molecular complexity index is 361. The first kappa shape index (κ1) is 10.9. The van der Waals surface area contributed by atoms with Crippen LogP contribution in [0.2, 0.25) is 5.02 Å². The van der Waals surface area contributed by atoms with E-state index in [1.165, 1.54) is 5.56 Å². The number of aryl methyl sites for hydroxylation is 1. The van der Waals surface area contributed by atoms with Crippen LogP contribution >= 0.6 is 11.6 Å². The van der Waals surface area contributed by atoms with E-state index in [0.29, 0.717) is 0 Å². The van der Waals surface area contributed by atoms with Crippen molar-refractivity contribution in [2.45, 2.75) is 31.8 Å². The summed E-state index contributed by atoms with van der Waals surface area (Å²) in [6.07, 6.45) is 2.15. The number of hydrogen-bond acceptors (Lipinski definition) is 2. The van der Waals surface area contributed by atoms with Crippen LogP contribution in [0.15, 0.2) is 18.2 Å². The van der Waals surface area contributed by atoms with Crippen LogP contribution in [0, 0.1) is 6.92 Å². The number of nitrogens with one attached hydrogen (secondary N) is 1. The molecule has 2 N–H and O–H groups in total. The first-order chi connectivity index (χ1) is 7.15. The van der Waals surface area contributed by atoms with Crippen molar-refractivity contribution in [2.24, 2.45) is 0 Å². The molecular weight excluding hydrogens is 210 g/mol. The van der Waals surface area contributed by atoms with Crippen LogP contribution < -0.4 is 5.32 Å². The van der Waals surface area contributed by atoms with E-state index in [4.69, 9.17) is 16.7 Å². The molecule has 2 rings (SSSR count). The van der Waals surface area contributed by atoms with Gasteiger partial charge >= 0.3 is 0 Å². The number of aliphatic hydroxyl groups excluding tert-OH is 1. The summed E-state index contributed by atoms with van der Waals surface area (Å²) in [7, 11) is 0. The minimum Gasteiger partial charge on any atom is -0.394 e. The second-order valence-electron chi connectivity index (χ2n) is 4.38. The zero-order valence-electron chi connectivity index (χ0n) is 8.89. The minimum absolute atomic E-state index is 0.00262. The maximum absolute atomic E-state index is 9.14. The predicted octanol–water partition coefficient (Wildman–Crippen LogP) is 2.26. The molecule has 82 valence electrons. The van der Waals surface area contributed by atoms with Gasteiger partial charge in [-0.3, -0.25) is 0 Å². The highest BCUT2D eigenvalue weighted by molar-refractivity contribution is 6.31. The summed E-state index contributed by atoms with van der Waals surface area (Å²) in [6, 6.07) is 6.08. The highest BCUT2D eigenvalue weighted by atomic mass is 35.5. The van der Waals surface area contributed by atoms with Crippen molar-refractivity contribution >= 4 is 11.6 Å². The van der Waals surface area contributed by atoms with E-state index in [1.54, 1.807) is 0 Å². The number of halogens is 1. The van der Waals surface area contributed by atoms with Gasteiger partial charge in [0.25, 0.3) is 0 Å². The number of aliphatic hydroxyl groups is 1. The highest BCUT2D eigenvalue weighted by Crippen LogP contribution is 2.34. The second kappa shape index (κ2) is 4.12. The maximum atomic E-state index is 9.14. The third-order valence-electron chi connectivity index (χ3n) is 3.06. The van der Waals surface area contributed by atoms with Crippen molar-refractivity contribution in [3.63, 3.8) is 0 Å². The molecule has 0 radical (unpaired) electrons. The molecule has 0 atom stereocenters. The largest absolute Gasteiger partial charge is 0.394 e. The summed E-state index contributed by atoms with van der Waals surface area (Å²) in [5.41, 5.74) is 2.27. The number of benzene rings is 1. The topological polar surface area (TPSA) is 32.3 Å². The van der Waals surface area contributed by atoms with Crippen molar-refractivity contribution in [3.05, 3.63) is 34.3 Å². The second-order valence-corrected chi connectivity index (χ2v) is 4.78. The quantitative estimate of drug-likeness (QED) is 0.824. The normalized spacial score (nSPS) is 17.8. The Labute approximate surface area is 95.3 Å². The van der Waals surface area contributed by atoms with Crippen LogP contribution in [0.3, 0.4) is 0 Å². The molecule has 1 fully saturated rings. The third kappa shape index (κ3) is 2.51. The first-order valence-electron chi connectivity index (χ1n) is 5.26. The molecule has 0 aliphatic heterocycles. The molecule has 2 nitrogen and oxygen atoms in total. The van der Waals surface area contributed by atoms with Gasteiger partial charge in [0.15, 0.2) is 0 Å². The van der Waals surface area contributed by atoms with Gasteiger partial charge in [-0.25, -0.2) is 0 Å². The van der Waals surface area contributed by atoms with Crippen LogP contribution in [-0.4, -0.2) is 17.3 Å². The molecule has 3 heteroatoms. The Kier molecular flexibility index (Phi) is 3.01. The number of hydrogen-bond donors (Lipinski definition) is 2. The summed E-state index contributed by atoms with van der Waals surface area (Å²) in [5, 5.41) is 13.3. The van der Waals surface area contributed by atoms with Crippen LogP contribution in [0.5, 0.6) is 0 Å². The van der Waals surface area contributed by atoms with Gasteiger partial charge in [-0.05, 0) is 37.0 Å². The lowest BCUT2D eigenvalue weighted by atomic mass is 10.1. The molecule has 0 aromatic heterocycles. The molecule has 1 aliphatic rings.